The molecule has 1 aliphatic heterocycles. The van der Waals surface area contributed by atoms with Gasteiger partial charge in [0, 0.05) is 30.8 Å². The Morgan fingerprint density at radius 1 is 1.65 bits per heavy atom. The van der Waals surface area contributed by atoms with Gasteiger partial charge in [-0.15, -0.1) is 11.3 Å². The van der Waals surface area contributed by atoms with Crippen LogP contribution in [0.5, 0.6) is 0 Å². The summed E-state index contributed by atoms with van der Waals surface area (Å²) < 4.78 is 1.12. The molecule has 0 aromatic carbocycles. The molecule has 2 heterocycles. The van der Waals surface area contributed by atoms with Crippen molar-refractivity contribution in [2.75, 3.05) is 13.1 Å². The third-order valence-electron chi connectivity index (χ3n) is 3.12. The van der Waals surface area contributed by atoms with Gasteiger partial charge in [0.15, 0.2) is 0 Å². The highest BCUT2D eigenvalue weighted by Gasteiger charge is 2.29. The van der Waals surface area contributed by atoms with Crippen LogP contribution in [0.3, 0.4) is 0 Å². The Morgan fingerprint density at radius 3 is 3.00 bits per heavy atom. The van der Waals surface area contributed by atoms with E-state index in [0.717, 1.165) is 14.9 Å². The molecule has 3 nitrogen and oxygen atoms in total. The number of carbonyl (C=O) groups is 2. The van der Waals surface area contributed by atoms with E-state index in [1.54, 1.807) is 11.3 Å². The first kappa shape index (κ1) is 13.0. The van der Waals surface area contributed by atoms with E-state index < -0.39 is 0 Å². The van der Waals surface area contributed by atoms with Crippen LogP contribution in [0.1, 0.15) is 30.1 Å². The molecule has 1 amide bonds. The Hall–Kier alpha value is -0.430. The number of carbonyl (C=O) groups excluding carboxylic acids is 2. The topological polar surface area (TPSA) is 37.4 Å². The Morgan fingerprint density at radius 2 is 2.41 bits per heavy atom. The number of hydrogen-bond acceptors (Lipinski definition) is 3. The van der Waals surface area contributed by atoms with E-state index in [2.05, 4.69) is 22.6 Å². The van der Waals surface area contributed by atoms with Crippen LogP contribution in [0.25, 0.3) is 0 Å². The fourth-order valence-electron chi connectivity index (χ4n) is 2.05. The SMILES string of the molecule is CCC1CN(C(=O)c2csc(I)c2)CCC1=O. The van der Waals surface area contributed by atoms with Gasteiger partial charge in [0.1, 0.15) is 5.78 Å². The van der Waals surface area contributed by atoms with Gasteiger partial charge in [0.05, 0.1) is 8.45 Å². The van der Waals surface area contributed by atoms with Gasteiger partial charge in [-0.2, -0.15) is 0 Å². The molecule has 1 saturated heterocycles. The first-order valence-electron chi connectivity index (χ1n) is 5.67. The molecule has 1 atom stereocenters. The van der Waals surface area contributed by atoms with Crippen molar-refractivity contribution in [3.8, 4) is 0 Å². The molecular weight excluding hydrogens is 349 g/mol. The van der Waals surface area contributed by atoms with Crippen LogP contribution >= 0.6 is 33.9 Å². The molecule has 1 aromatic rings. The quantitative estimate of drug-likeness (QED) is 0.758. The molecule has 5 heteroatoms. The van der Waals surface area contributed by atoms with Crippen LogP contribution in [-0.2, 0) is 4.79 Å². The van der Waals surface area contributed by atoms with Crippen LogP contribution < -0.4 is 0 Å². The van der Waals surface area contributed by atoms with E-state index in [0.29, 0.717) is 25.3 Å². The third-order valence-corrected chi connectivity index (χ3v) is 4.91. The fraction of sp³-hybridized carbons (Fsp3) is 0.500. The van der Waals surface area contributed by atoms with Gasteiger partial charge in [-0.25, -0.2) is 0 Å². The number of piperidine rings is 1. The summed E-state index contributed by atoms with van der Waals surface area (Å²) in [5, 5.41) is 1.89. The lowest BCUT2D eigenvalue weighted by molar-refractivity contribution is -0.125. The van der Waals surface area contributed by atoms with Gasteiger partial charge in [-0.1, -0.05) is 6.92 Å². The molecule has 0 spiro atoms. The average Bonchev–Trinajstić information content (AvgIpc) is 2.75. The normalized spacial score (nSPS) is 20.7. The minimum absolute atomic E-state index is 0.0328. The molecule has 0 radical (unpaired) electrons. The Labute approximate surface area is 118 Å². The number of Topliss-reactive ketones (excluding diaryl/α,β-unsaturated/α-hetero) is 1. The Kier molecular flexibility index (Phi) is 4.19. The summed E-state index contributed by atoms with van der Waals surface area (Å²) in [7, 11) is 0. The molecule has 1 unspecified atom stereocenters. The molecule has 0 aliphatic carbocycles. The monoisotopic (exact) mass is 363 g/mol. The number of thiophene rings is 1. The van der Waals surface area contributed by atoms with Crippen molar-refractivity contribution in [1.82, 2.24) is 4.90 Å². The van der Waals surface area contributed by atoms with Crippen molar-refractivity contribution in [2.24, 2.45) is 5.92 Å². The number of likely N-dealkylation sites (tertiary alicyclic amines) is 1. The highest BCUT2D eigenvalue weighted by atomic mass is 127. The second kappa shape index (κ2) is 5.48. The maximum absolute atomic E-state index is 12.2. The van der Waals surface area contributed by atoms with E-state index in [-0.39, 0.29) is 11.8 Å². The fourth-order valence-corrected chi connectivity index (χ4v) is 3.37. The Balaban J connectivity index is 2.08. The lowest BCUT2D eigenvalue weighted by atomic mass is 9.94. The van der Waals surface area contributed by atoms with Crippen molar-refractivity contribution in [3.63, 3.8) is 0 Å². The molecule has 1 aliphatic rings. The summed E-state index contributed by atoms with van der Waals surface area (Å²) in [6.07, 6.45) is 1.33. The molecule has 92 valence electrons. The molecule has 0 bridgehead atoms. The van der Waals surface area contributed by atoms with Gasteiger partial charge < -0.3 is 4.90 Å². The summed E-state index contributed by atoms with van der Waals surface area (Å²) in [6.45, 7) is 3.16. The molecule has 0 N–H and O–H groups in total. The number of nitrogens with zero attached hydrogens (tertiary/aromatic N) is 1. The minimum atomic E-state index is 0.0328. The predicted molar refractivity (Wildman–Crippen MR) is 76.3 cm³/mol. The van der Waals surface area contributed by atoms with Gasteiger partial charge in [0.25, 0.3) is 5.91 Å². The number of amides is 1. The minimum Gasteiger partial charge on any atom is -0.337 e. The van der Waals surface area contributed by atoms with Gasteiger partial charge >= 0.3 is 0 Å². The van der Waals surface area contributed by atoms with Gasteiger partial charge in [0.2, 0.25) is 0 Å². The first-order valence-corrected chi connectivity index (χ1v) is 7.63. The smallest absolute Gasteiger partial charge is 0.254 e. The summed E-state index contributed by atoms with van der Waals surface area (Å²) in [6, 6.07) is 1.91. The standard InChI is InChI=1S/C12H14INO2S/c1-2-8-6-14(4-3-10(8)15)12(16)9-5-11(13)17-7-9/h5,7-8H,2-4,6H2,1H3. The summed E-state index contributed by atoms with van der Waals surface area (Å²) in [5.41, 5.74) is 0.753. The summed E-state index contributed by atoms with van der Waals surface area (Å²) >= 11 is 3.79. The van der Waals surface area contributed by atoms with Crippen molar-refractivity contribution in [3.05, 3.63) is 19.9 Å². The summed E-state index contributed by atoms with van der Waals surface area (Å²) in [4.78, 5) is 25.6. The largest absolute Gasteiger partial charge is 0.337 e. The van der Waals surface area contributed by atoms with Crippen molar-refractivity contribution >= 4 is 45.6 Å². The predicted octanol–water partition coefficient (Wildman–Crippen LogP) is 2.79. The number of ketones is 1. The van der Waals surface area contributed by atoms with E-state index >= 15 is 0 Å². The van der Waals surface area contributed by atoms with E-state index in [1.165, 1.54) is 0 Å². The number of rotatable bonds is 2. The van der Waals surface area contributed by atoms with Gasteiger partial charge in [-0.3, -0.25) is 9.59 Å². The first-order chi connectivity index (χ1) is 8.11. The lowest BCUT2D eigenvalue weighted by Gasteiger charge is -2.31. The number of hydrogen-bond donors (Lipinski definition) is 0. The molecule has 1 fully saturated rings. The van der Waals surface area contributed by atoms with E-state index in [9.17, 15) is 9.59 Å². The van der Waals surface area contributed by atoms with Crippen LogP contribution in [0.15, 0.2) is 11.4 Å². The van der Waals surface area contributed by atoms with Crippen LogP contribution in [0, 0.1) is 8.80 Å². The molecule has 0 saturated carbocycles. The molecule has 1 aromatic heterocycles. The zero-order chi connectivity index (χ0) is 12.4. The van der Waals surface area contributed by atoms with Crippen molar-refractivity contribution < 1.29 is 9.59 Å². The highest BCUT2D eigenvalue weighted by molar-refractivity contribution is 14.1. The summed E-state index contributed by atoms with van der Waals surface area (Å²) in [5.74, 6) is 0.400. The third kappa shape index (κ3) is 2.88. The lowest BCUT2D eigenvalue weighted by Crippen LogP contribution is -2.43. The zero-order valence-electron chi connectivity index (χ0n) is 9.61. The van der Waals surface area contributed by atoms with Crippen molar-refractivity contribution in [2.45, 2.75) is 19.8 Å². The van der Waals surface area contributed by atoms with Gasteiger partial charge in [-0.05, 0) is 35.1 Å². The maximum Gasteiger partial charge on any atom is 0.254 e. The van der Waals surface area contributed by atoms with E-state index in [1.807, 2.05) is 23.3 Å². The Bertz CT molecular complexity index is 443. The second-order valence-corrected chi connectivity index (χ2v) is 7.02. The highest BCUT2D eigenvalue weighted by Crippen LogP contribution is 2.21. The van der Waals surface area contributed by atoms with Crippen LogP contribution in [0.4, 0.5) is 0 Å². The molecule has 17 heavy (non-hydrogen) atoms. The number of halogens is 1. The van der Waals surface area contributed by atoms with Crippen molar-refractivity contribution in [1.29, 1.82) is 0 Å². The molecular formula is C12H14INO2S. The van der Waals surface area contributed by atoms with Crippen LogP contribution in [0.2, 0.25) is 0 Å². The molecule has 2 rings (SSSR count). The zero-order valence-corrected chi connectivity index (χ0v) is 12.6. The van der Waals surface area contributed by atoms with Crippen LogP contribution in [-0.4, -0.2) is 29.7 Å². The maximum atomic E-state index is 12.2. The average molecular weight is 363 g/mol. The second-order valence-electron chi connectivity index (χ2n) is 4.21. The van der Waals surface area contributed by atoms with E-state index in [4.69, 9.17) is 0 Å².